The van der Waals surface area contributed by atoms with E-state index in [0.717, 1.165) is 27.8 Å². The second-order valence-electron chi connectivity index (χ2n) is 8.61. The third-order valence-corrected chi connectivity index (χ3v) is 6.60. The molecule has 2 N–H and O–H groups in total. The zero-order chi connectivity index (χ0) is 25.2. The van der Waals surface area contributed by atoms with E-state index in [4.69, 9.17) is 9.47 Å². The fourth-order valence-electron chi connectivity index (χ4n) is 4.75. The van der Waals surface area contributed by atoms with Gasteiger partial charge in [-0.25, -0.2) is 0 Å². The second-order valence-corrected chi connectivity index (χ2v) is 8.61. The van der Waals surface area contributed by atoms with Gasteiger partial charge in [-0.1, -0.05) is 42.5 Å². The van der Waals surface area contributed by atoms with Gasteiger partial charge in [-0.15, -0.1) is 0 Å². The van der Waals surface area contributed by atoms with Crippen LogP contribution in [-0.2, 0) is 16.0 Å². The summed E-state index contributed by atoms with van der Waals surface area (Å²) in [4.78, 5) is 31.3. The van der Waals surface area contributed by atoms with Gasteiger partial charge in [0.2, 0.25) is 0 Å². The van der Waals surface area contributed by atoms with Gasteiger partial charge in [0.25, 0.3) is 11.7 Å². The van der Waals surface area contributed by atoms with Crippen molar-refractivity contribution in [2.45, 2.75) is 12.5 Å². The first-order valence-corrected chi connectivity index (χ1v) is 11.6. The Hall–Kier alpha value is -4.52. The Labute approximate surface area is 208 Å². The van der Waals surface area contributed by atoms with Crippen molar-refractivity contribution >= 4 is 28.4 Å². The molecule has 1 atom stereocenters. The van der Waals surface area contributed by atoms with Crippen molar-refractivity contribution in [3.8, 4) is 11.5 Å². The minimum atomic E-state index is -0.711. The van der Waals surface area contributed by atoms with E-state index in [-0.39, 0.29) is 11.3 Å². The average molecular weight is 483 g/mol. The third-order valence-electron chi connectivity index (χ3n) is 6.60. The van der Waals surface area contributed by atoms with E-state index in [0.29, 0.717) is 24.3 Å². The van der Waals surface area contributed by atoms with E-state index in [1.165, 1.54) is 7.11 Å². The predicted octanol–water partition coefficient (Wildman–Crippen LogP) is 4.85. The second kappa shape index (κ2) is 9.62. The summed E-state index contributed by atoms with van der Waals surface area (Å²) in [5.74, 6) is -0.276. The van der Waals surface area contributed by atoms with Crippen LogP contribution in [0.4, 0.5) is 0 Å². The molecule has 5 rings (SSSR count). The van der Waals surface area contributed by atoms with Crippen molar-refractivity contribution in [2.24, 2.45) is 0 Å². The van der Waals surface area contributed by atoms with Crippen LogP contribution in [0.3, 0.4) is 0 Å². The van der Waals surface area contributed by atoms with Gasteiger partial charge >= 0.3 is 0 Å². The molecular weight excluding hydrogens is 456 g/mol. The molecule has 0 saturated carbocycles. The highest BCUT2D eigenvalue weighted by atomic mass is 16.5. The minimum Gasteiger partial charge on any atom is -0.507 e. The van der Waals surface area contributed by atoms with Gasteiger partial charge in [-0.2, -0.15) is 0 Å². The third kappa shape index (κ3) is 4.09. The van der Waals surface area contributed by atoms with Crippen molar-refractivity contribution in [1.29, 1.82) is 0 Å². The van der Waals surface area contributed by atoms with Crippen molar-refractivity contribution in [3.63, 3.8) is 0 Å². The van der Waals surface area contributed by atoms with E-state index in [1.807, 2.05) is 54.7 Å². The van der Waals surface area contributed by atoms with Gasteiger partial charge < -0.3 is 24.5 Å². The molecule has 7 nitrogen and oxygen atoms in total. The number of aliphatic hydroxyl groups excluding tert-OH is 1. The molecule has 2 heterocycles. The SMILES string of the molecule is COc1cccc(C(O)=C2C(=O)C(=O)N(CCc3c[nH]c4ccc(OC)cc34)[C@@H]2c2ccccc2)c1. The molecule has 36 heavy (non-hydrogen) atoms. The Bertz CT molecular complexity index is 1470. The Balaban J connectivity index is 1.54. The monoisotopic (exact) mass is 482 g/mol. The lowest BCUT2D eigenvalue weighted by Crippen LogP contribution is -2.31. The van der Waals surface area contributed by atoms with Gasteiger partial charge in [-0.05, 0) is 47.9 Å². The smallest absolute Gasteiger partial charge is 0.295 e. The molecule has 1 fully saturated rings. The number of likely N-dealkylation sites (tertiary alicyclic amines) is 1. The van der Waals surface area contributed by atoms with Crippen LogP contribution in [0, 0.1) is 0 Å². The molecule has 7 heteroatoms. The van der Waals surface area contributed by atoms with Crippen molar-refractivity contribution in [3.05, 3.63) is 101 Å². The summed E-state index contributed by atoms with van der Waals surface area (Å²) < 4.78 is 10.6. The summed E-state index contributed by atoms with van der Waals surface area (Å²) in [7, 11) is 3.15. The van der Waals surface area contributed by atoms with Crippen LogP contribution < -0.4 is 9.47 Å². The number of fused-ring (bicyclic) bond motifs is 1. The standard InChI is InChI=1S/C29H26N2O5/c1-35-21-10-6-9-19(15-21)27(32)25-26(18-7-4-3-5-8-18)31(29(34)28(25)33)14-13-20-17-30-24-12-11-22(36-2)16-23(20)24/h3-12,15-17,26,30,32H,13-14H2,1-2H3/t26-/m1/s1. The zero-order valence-electron chi connectivity index (χ0n) is 20.0. The highest BCUT2D eigenvalue weighted by Gasteiger charge is 2.45. The maximum absolute atomic E-state index is 13.3. The fourth-order valence-corrected chi connectivity index (χ4v) is 4.75. The van der Waals surface area contributed by atoms with Crippen molar-refractivity contribution in [2.75, 3.05) is 20.8 Å². The number of ether oxygens (including phenoxy) is 2. The van der Waals surface area contributed by atoms with Crippen LogP contribution in [-0.4, -0.2) is 47.4 Å². The first kappa shape index (κ1) is 23.2. The number of aromatic amines is 1. The van der Waals surface area contributed by atoms with Crippen molar-refractivity contribution in [1.82, 2.24) is 9.88 Å². The number of carbonyl (C=O) groups excluding carboxylic acids is 2. The summed E-state index contributed by atoms with van der Waals surface area (Å²) in [6.45, 7) is 0.295. The number of hydrogen-bond acceptors (Lipinski definition) is 5. The van der Waals surface area contributed by atoms with Crippen molar-refractivity contribution < 1.29 is 24.2 Å². The molecule has 1 aromatic heterocycles. The summed E-state index contributed by atoms with van der Waals surface area (Å²) in [5.41, 5.74) is 3.20. The Kier molecular flexibility index (Phi) is 6.21. The molecule has 4 aromatic rings. The Morgan fingerprint density at radius 3 is 2.44 bits per heavy atom. The van der Waals surface area contributed by atoms with Crippen LogP contribution in [0.5, 0.6) is 11.5 Å². The molecule has 1 aliphatic heterocycles. The molecular formula is C29H26N2O5. The number of Topliss-reactive ketones (excluding diaryl/α,β-unsaturated/α-hetero) is 1. The van der Waals surface area contributed by atoms with Gasteiger partial charge in [0.1, 0.15) is 17.3 Å². The molecule has 3 aromatic carbocycles. The van der Waals surface area contributed by atoms with Crippen LogP contribution in [0.15, 0.2) is 84.6 Å². The normalized spacial score (nSPS) is 17.1. The topological polar surface area (TPSA) is 91.9 Å². The fraction of sp³-hybridized carbons (Fsp3) is 0.172. The number of H-pyrrole nitrogens is 1. The largest absolute Gasteiger partial charge is 0.507 e. The summed E-state index contributed by atoms with van der Waals surface area (Å²) in [6.07, 6.45) is 2.43. The molecule has 0 aliphatic carbocycles. The molecule has 182 valence electrons. The summed E-state index contributed by atoms with van der Waals surface area (Å²) >= 11 is 0. The quantitative estimate of drug-likeness (QED) is 0.223. The highest BCUT2D eigenvalue weighted by molar-refractivity contribution is 6.46. The van der Waals surface area contributed by atoms with Gasteiger partial charge in [-0.3, -0.25) is 9.59 Å². The Morgan fingerprint density at radius 1 is 0.944 bits per heavy atom. The number of aromatic nitrogens is 1. The van der Waals surface area contributed by atoms with E-state index >= 15 is 0 Å². The highest BCUT2D eigenvalue weighted by Crippen LogP contribution is 2.40. The molecule has 0 unspecified atom stereocenters. The maximum atomic E-state index is 13.3. The molecule has 1 aliphatic rings. The van der Waals surface area contributed by atoms with Gasteiger partial charge in [0, 0.05) is 29.2 Å². The number of nitrogens with zero attached hydrogens (tertiary/aromatic N) is 1. The number of ketones is 1. The lowest BCUT2D eigenvalue weighted by molar-refractivity contribution is -0.139. The molecule has 0 bridgehead atoms. The number of hydrogen-bond donors (Lipinski definition) is 2. The Morgan fingerprint density at radius 2 is 1.69 bits per heavy atom. The van der Waals surface area contributed by atoms with Gasteiger partial charge in [0.15, 0.2) is 0 Å². The van der Waals surface area contributed by atoms with E-state index in [2.05, 4.69) is 4.98 Å². The first-order chi connectivity index (χ1) is 17.5. The van der Waals surface area contributed by atoms with Crippen LogP contribution in [0.1, 0.15) is 22.7 Å². The number of nitrogens with one attached hydrogen (secondary N) is 1. The number of amides is 1. The molecule has 0 spiro atoms. The number of aliphatic hydroxyl groups is 1. The minimum absolute atomic E-state index is 0.0695. The van der Waals surface area contributed by atoms with E-state index in [1.54, 1.807) is 36.3 Å². The summed E-state index contributed by atoms with van der Waals surface area (Å²) in [5, 5.41) is 12.2. The number of benzene rings is 3. The number of carbonyl (C=O) groups is 2. The first-order valence-electron chi connectivity index (χ1n) is 11.6. The van der Waals surface area contributed by atoms with Crippen LogP contribution >= 0.6 is 0 Å². The lowest BCUT2D eigenvalue weighted by atomic mass is 9.95. The van der Waals surface area contributed by atoms with E-state index < -0.39 is 17.7 Å². The van der Waals surface area contributed by atoms with Gasteiger partial charge in [0.05, 0.1) is 25.8 Å². The zero-order valence-corrected chi connectivity index (χ0v) is 20.0. The van der Waals surface area contributed by atoms with Crippen LogP contribution in [0.2, 0.25) is 0 Å². The number of rotatable bonds is 7. The molecule has 1 amide bonds. The van der Waals surface area contributed by atoms with Crippen LogP contribution in [0.25, 0.3) is 16.7 Å². The molecule has 1 saturated heterocycles. The number of methoxy groups -OCH3 is 2. The maximum Gasteiger partial charge on any atom is 0.295 e. The molecule has 0 radical (unpaired) electrons. The average Bonchev–Trinajstić information content (AvgIpc) is 3.44. The predicted molar refractivity (Wildman–Crippen MR) is 137 cm³/mol. The lowest BCUT2D eigenvalue weighted by Gasteiger charge is -2.25. The van der Waals surface area contributed by atoms with E-state index in [9.17, 15) is 14.7 Å². The summed E-state index contributed by atoms with van der Waals surface area (Å²) in [6, 6.07) is 21.2.